The molecule has 0 atom stereocenters. The van der Waals surface area contributed by atoms with E-state index in [-0.39, 0.29) is 16.9 Å². The van der Waals surface area contributed by atoms with E-state index in [0.29, 0.717) is 22.2 Å². The van der Waals surface area contributed by atoms with Crippen LogP contribution in [0, 0.1) is 18.2 Å². The fourth-order valence-corrected chi connectivity index (χ4v) is 2.98. The summed E-state index contributed by atoms with van der Waals surface area (Å²) in [5.74, 6) is -0.632. The third kappa shape index (κ3) is 2.53. The van der Waals surface area contributed by atoms with Gasteiger partial charge in [0.1, 0.15) is 11.5 Å². The number of hydrogen-bond acceptors (Lipinski definition) is 5. The highest BCUT2D eigenvalue weighted by atomic mass is 19.1. The first-order chi connectivity index (χ1) is 11.9. The van der Waals surface area contributed by atoms with E-state index in [1.165, 1.54) is 12.1 Å². The SMILES string of the molecule is CCc1cc2[nH]c(=O)c(N)c(-c3ccc(F)c(N)c3C=N)c2nc1C. The molecule has 0 aliphatic rings. The van der Waals surface area contributed by atoms with Crippen molar-refractivity contribution in [3.63, 3.8) is 0 Å². The van der Waals surface area contributed by atoms with Crippen molar-refractivity contribution in [2.45, 2.75) is 20.3 Å². The van der Waals surface area contributed by atoms with Gasteiger partial charge in [-0.15, -0.1) is 0 Å². The smallest absolute Gasteiger partial charge is 0.272 e. The van der Waals surface area contributed by atoms with Gasteiger partial charge < -0.3 is 21.9 Å². The maximum atomic E-state index is 13.8. The second kappa shape index (κ2) is 6.01. The molecule has 0 saturated carbocycles. The highest BCUT2D eigenvalue weighted by molar-refractivity contribution is 6.05. The number of aromatic amines is 1. The van der Waals surface area contributed by atoms with Gasteiger partial charge in [-0.05, 0) is 36.6 Å². The van der Waals surface area contributed by atoms with E-state index in [2.05, 4.69) is 9.97 Å². The molecule has 1 aromatic carbocycles. The molecule has 0 aliphatic carbocycles. The second-order valence-electron chi connectivity index (χ2n) is 5.79. The number of pyridine rings is 2. The molecule has 2 heterocycles. The van der Waals surface area contributed by atoms with Crippen LogP contribution in [0.4, 0.5) is 15.8 Å². The van der Waals surface area contributed by atoms with Crippen molar-refractivity contribution in [3.8, 4) is 11.1 Å². The maximum absolute atomic E-state index is 13.8. The molecule has 3 rings (SSSR count). The molecule has 7 heteroatoms. The monoisotopic (exact) mass is 339 g/mol. The molecule has 2 aromatic heterocycles. The fourth-order valence-electron chi connectivity index (χ4n) is 2.98. The number of halogens is 1. The Kier molecular flexibility index (Phi) is 4.00. The Morgan fingerprint density at radius 3 is 2.68 bits per heavy atom. The summed E-state index contributed by atoms with van der Waals surface area (Å²) in [4.78, 5) is 19.6. The molecular weight excluding hydrogens is 321 g/mol. The number of nitrogens with one attached hydrogen (secondary N) is 2. The van der Waals surface area contributed by atoms with Gasteiger partial charge in [0.05, 0.1) is 16.7 Å². The van der Waals surface area contributed by atoms with Crippen LogP contribution in [0.1, 0.15) is 23.7 Å². The lowest BCUT2D eigenvalue weighted by Crippen LogP contribution is -2.15. The fraction of sp³-hybridized carbons (Fsp3) is 0.167. The average Bonchev–Trinajstić information content (AvgIpc) is 2.59. The van der Waals surface area contributed by atoms with Gasteiger partial charge in [0.25, 0.3) is 5.56 Å². The number of anilines is 2. The van der Waals surface area contributed by atoms with Crippen LogP contribution in [-0.2, 0) is 6.42 Å². The minimum Gasteiger partial charge on any atom is -0.396 e. The van der Waals surface area contributed by atoms with Crippen molar-refractivity contribution in [1.29, 1.82) is 5.41 Å². The predicted molar refractivity (Wildman–Crippen MR) is 98.6 cm³/mol. The van der Waals surface area contributed by atoms with Crippen molar-refractivity contribution in [1.82, 2.24) is 9.97 Å². The highest BCUT2D eigenvalue weighted by Gasteiger charge is 2.19. The summed E-state index contributed by atoms with van der Waals surface area (Å²) >= 11 is 0. The predicted octanol–water partition coefficient (Wildman–Crippen LogP) is 2.76. The topological polar surface area (TPSA) is 122 Å². The van der Waals surface area contributed by atoms with E-state index in [0.717, 1.165) is 23.9 Å². The summed E-state index contributed by atoms with van der Waals surface area (Å²) in [6.45, 7) is 3.87. The third-order valence-corrected chi connectivity index (χ3v) is 4.35. The number of aryl methyl sites for hydroxylation is 2. The summed E-state index contributed by atoms with van der Waals surface area (Å²) in [7, 11) is 0. The molecular formula is C18H18FN5O. The maximum Gasteiger partial charge on any atom is 0.272 e. The number of rotatable bonds is 3. The van der Waals surface area contributed by atoms with Crippen LogP contribution in [0.3, 0.4) is 0 Å². The van der Waals surface area contributed by atoms with Crippen LogP contribution in [0.15, 0.2) is 23.0 Å². The Morgan fingerprint density at radius 1 is 1.32 bits per heavy atom. The first-order valence-electron chi connectivity index (χ1n) is 7.79. The Hall–Kier alpha value is -3.22. The van der Waals surface area contributed by atoms with E-state index >= 15 is 0 Å². The molecule has 25 heavy (non-hydrogen) atoms. The van der Waals surface area contributed by atoms with Gasteiger partial charge in [0.2, 0.25) is 0 Å². The number of nitrogens with zero attached hydrogens (tertiary/aromatic N) is 1. The largest absolute Gasteiger partial charge is 0.396 e. The summed E-state index contributed by atoms with van der Waals surface area (Å²) in [5.41, 5.74) is 14.9. The molecule has 0 amide bonds. The molecule has 6 nitrogen and oxygen atoms in total. The van der Waals surface area contributed by atoms with Crippen LogP contribution in [-0.4, -0.2) is 16.2 Å². The zero-order chi connectivity index (χ0) is 18.3. The van der Waals surface area contributed by atoms with E-state index in [1.54, 1.807) is 0 Å². The molecule has 0 bridgehead atoms. The number of nitrogens with two attached hydrogens (primary N) is 2. The zero-order valence-corrected chi connectivity index (χ0v) is 13.9. The van der Waals surface area contributed by atoms with Crippen molar-refractivity contribution in [2.75, 3.05) is 11.5 Å². The summed E-state index contributed by atoms with van der Waals surface area (Å²) in [6.07, 6.45) is 1.72. The van der Waals surface area contributed by atoms with Crippen molar-refractivity contribution in [2.24, 2.45) is 0 Å². The average molecular weight is 339 g/mol. The van der Waals surface area contributed by atoms with E-state index in [9.17, 15) is 9.18 Å². The quantitative estimate of drug-likeness (QED) is 0.433. The van der Waals surface area contributed by atoms with Crippen LogP contribution in [0.25, 0.3) is 22.2 Å². The van der Waals surface area contributed by atoms with Gasteiger partial charge in [-0.1, -0.05) is 13.0 Å². The minimum atomic E-state index is -0.632. The summed E-state index contributed by atoms with van der Waals surface area (Å²) in [5, 5.41) is 7.59. The Labute approximate surface area is 143 Å². The van der Waals surface area contributed by atoms with Gasteiger partial charge in [0, 0.05) is 23.0 Å². The van der Waals surface area contributed by atoms with Gasteiger partial charge in [0.15, 0.2) is 0 Å². The van der Waals surface area contributed by atoms with Gasteiger partial charge in [-0.2, -0.15) is 0 Å². The van der Waals surface area contributed by atoms with Crippen molar-refractivity contribution in [3.05, 3.63) is 51.2 Å². The van der Waals surface area contributed by atoms with Crippen LogP contribution in [0.5, 0.6) is 0 Å². The Balaban J connectivity index is 2.50. The molecule has 0 saturated heterocycles. The lowest BCUT2D eigenvalue weighted by atomic mass is 9.96. The molecule has 6 N–H and O–H groups in total. The Bertz CT molecular complexity index is 1070. The first-order valence-corrected chi connectivity index (χ1v) is 7.79. The van der Waals surface area contributed by atoms with Crippen molar-refractivity contribution >= 4 is 28.6 Å². The van der Waals surface area contributed by atoms with Crippen LogP contribution in [0.2, 0.25) is 0 Å². The standard InChI is InChI=1S/C18H18FN5O/c1-3-9-6-13-17(23-8(9)2)14(16(22)18(25)24-13)10-4-5-12(19)15(21)11(10)7-20/h4-7,20H,3,21-22H2,1-2H3,(H,24,25). The van der Waals surface area contributed by atoms with Crippen LogP contribution >= 0.6 is 0 Å². The third-order valence-electron chi connectivity index (χ3n) is 4.35. The van der Waals surface area contributed by atoms with Gasteiger partial charge >= 0.3 is 0 Å². The minimum absolute atomic E-state index is 0.0437. The lowest BCUT2D eigenvalue weighted by molar-refractivity contribution is 0.632. The molecule has 128 valence electrons. The number of hydrogen-bond donors (Lipinski definition) is 4. The summed E-state index contributed by atoms with van der Waals surface area (Å²) < 4.78 is 13.8. The normalized spacial score (nSPS) is 11.0. The van der Waals surface area contributed by atoms with Crippen molar-refractivity contribution < 1.29 is 4.39 Å². The van der Waals surface area contributed by atoms with Gasteiger partial charge in [-0.3, -0.25) is 9.78 Å². The number of nitrogen functional groups attached to an aromatic ring is 2. The highest BCUT2D eigenvalue weighted by Crippen LogP contribution is 2.35. The van der Waals surface area contributed by atoms with E-state index in [4.69, 9.17) is 16.9 Å². The number of fused-ring (bicyclic) bond motifs is 1. The number of benzene rings is 1. The number of H-pyrrole nitrogens is 1. The van der Waals surface area contributed by atoms with Gasteiger partial charge in [-0.25, -0.2) is 4.39 Å². The molecule has 0 aliphatic heterocycles. The number of aromatic nitrogens is 2. The summed E-state index contributed by atoms with van der Waals surface area (Å²) in [6, 6.07) is 4.51. The van der Waals surface area contributed by atoms with E-state index < -0.39 is 11.4 Å². The first kappa shape index (κ1) is 16.6. The second-order valence-corrected chi connectivity index (χ2v) is 5.79. The zero-order valence-electron chi connectivity index (χ0n) is 13.9. The molecule has 3 aromatic rings. The Morgan fingerprint density at radius 2 is 2.04 bits per heavy atom. The lowest BCUT2D eigenvalue weighted by Gasteiger charge is -2.15. The molecule has 0 radical (unpaired) electrons. The molecule has 0 unspecified atom stereocenters. The molecule has 0 fully saturated rings. The van der Waals surface area contributed by atoms with E-state index in [1.807, 2.05) is 19.9 Å². The van der Waals surface area contributed by atoms with Crippen LogP contribution < -0.4 is 17.0 Å². The molecule has 0 spiro atoms.